The van der Waals surface area contributed by atoms with E-state index < -0.39 is 0 Å². The smallest absolute Gasteiger partial charge is 0.259 e. The minimum absolute atomic E-state index is 0.0401. The summed E-state index contributed by atoms with van der Waals surface area (Å²) in [4.78, 5) is 13.6. The van der Waals surface area contributed by atoms with Crippen LogP contribution in [0.15, 0.2) is 30.0 Å². The summed E-state index contributed by atoms with van der Waals surface area (Å²) in [5.74, 6) is 0.200. The Morgan fingerprint density at radius 2 is 2.06 bits per heavy atom. The van der Waals surface area contributed by atoms with Crippen LogP contribution >= 0.6 is 0 Å². The Morgan fingerprint density at radius 3 is 2.81 bits per heavy atom. The zero-order valence-corrected chi connectivity index (χ0v) is 8.43. The fourth-order valence-corrected chi connectivity index (χ4v) is 2.12. The molecule has 0 aromatic heterocycles. The number of amides is 1. The summed E-state index contributed by atoms with van der Waals surface area (Å²) in [5.41, 5.74) is 2.06. The minimum atomic E-state index is -0.0401. The van der Waals surface area contributed by atoms with Crippen molar-refractivity contribution in [2.45, 2.75) is 0 Å². The Balaban J connectivity index is 2.30. The van der Waals surface area contributed by atoms with Crippen LogP contribution < -0.4 is 0 Å². The maximum Gasteiger partial charge on any atom is 0.259 e. The Morgan fingerprint density at radius 1 is 1.31 bits per heavy atom. The molecular weight excluding hydrogens is 204 g/mol. The van der Waals surface area contributed by atoms with Crippen molar-refractivity contribution in [2.75, 3.05) is 13.2 Å². The number of carbonyl (C=O) groups excluding carboxylic acids is 1. The molecule has 0 bridgehead atoms. The first-order valence-corrected chi connectivity index (χ1v) is 5.01. The average molecular weight is 212 g/mol. The number of allylic oxidation sites excluding steroid dienone is 1. The Labute approximate surface area is 92.3 Å². The van der Waals surface area contributed by atoms with Crippen LogP contribution in [0.4, 0.5) is 0 Å². The summed E-state index contributed by atoms with van der Waals surface area (Å²) in [6.07, 6.45) is 0. The van der Waals surface area contributed by atoms with Crippen molar-refractivity contribution in [3.63, 3.8) is 0 Å². The molecule has 0 saturated heterocycles. The molecule has 0 saturated carbocycles. The number of hydrogen-bond acceptors (Lipinski definition) is 3. The number of ether oxygens (including phenoxy) is 1. The molecule has 1 aromatic carbocycles. The number of fused-ring (bicyclic) bond motifs is 3. The topological polar surface area (TPSA) is 53.3 Å². The molecule has 0 N–H and O–H groups in total. The minimum Gasteiger partial charge on any atom is -0.480 e. The normalized spacial score (nSPS) is 17.7. The van der Waals surface area contributed by atoms with Gasteiger partial charge in [-0.05, 0) is 6.07 Å². The van der Waals surface area contributed by atoms with Crippen LogP contribution in [0.1, 0.15) is 15.9 Å². The first-order valence-electron chi connectivity index (χ1n) is 5.01. The van der Waals surface area contributed by atoms with Gasteiger partial charge < -0.3 is 9.64 Å². The third kappa shape index (κ3) is 0.999. The summed E-state index contributed by atoms with van der Waals surface area (Å²) in [7, 11) is 0. The molecule has 0 atom stereocenters. The van der Waals surface area contributed by atoms with Crippen LogP contribution in [0, 0.1) is 11.3 Å². The summed E-state index contributed by atoms with van der Waals surface area (Å²) < 4.78 is 5.27. The monoisotopic (exact) mass is 212 g/mol. The quantitative estimate of drug-likeness (QED) is 0.652. The van der Waals surface area contributed by atoms with Gasteiger partial charge in [0.2, 0.25) is 5.76 Å². The molecule has 1 aromatic rings. The molecule has 0 unspecified atom stereocenters. The van der Waals surface area contributed by atoms with Gasteiger partial charge >= 0.3 is 0 Å². The van der Waals surface area contributed by atoms with Crippen molar-refractivity contribution in [3.8, 4) is 6.07 Å². The molecule has 2 aliphatic rings. The molecule has 4 nitrogen and oxygen atoms in total. The zero-order valence-electron chi connectivity index (χ0n) is 8.43. The number of nitriles is 1. The van der Waals surface area contributed by atoms with Gasteiger partial charge in [-0.15, -0.1) is 0 Å². The lowest BCUT2D eigenvalue weighted by atomic mass is 10.1. The van der Waals surface area contributed by atoms with Crippen LogP contribution in [0.3, 0.4) is 0 Å². The molecule has 0 spiro atoms. The molecule has 0 fully saturated rings. The fourth-order valence-electron chi connectivity index (χ4n) is 2.12. The Kier molecular flexibility index (Phi) is 1.74. The van der Waals surface area contributed by atoms with Gasteiger partial charge in [0.1, 0.15) is 18.4 Å². The third-order valence-electron chi connectivity index (χ3n) is 2.81. The second-order valence-corrected chi connectivity index (χ2v) is 3.64. The first kappa shape index (κ1) is 8.98. The van der Waals surface area contributed by atoms with Crippen molar-refractivity contribution in [2.24, 2.45) is 0 Å². The molecule has 0 aliphatic carbocycles. The third-order valence-corrected chi connectivity index (χ3v) is 2.81. The van der Waals surface area contributed by atoms with Gasteiger partial charge in [-0.2, -0.15) is 5.26 Å². The van der Waals surface area contributed by atoms with E-state index in [0.717, 1.165) is 5.56 Å². The van der Waals surface area contributed by atoms with Crippen LogP contribution in [0.5, 0.6) is 0 Å². The predicted molar refractivity (Wildman–Crippen MR) is 56.0 cm³/mol. The van der Waals surface area contributed by atoms with Crippen LogP contribution in [0.2, 0.25) is 0 Å². The summed E-state index contributed by atoms with van der Waals surface area (Å²) in [6, 6.07) is 9.29. The van der Waals surface area contributed by atoms with E-state index in [9.17, 15) is 4.79 Å². The van der Waals surface area contributed by atoms with Crippen molar-refractivity contribution in [1.29, 1.82) is 5.26 Å². The maximum absolute atomic E-state index is 12.0. The largest absolute Gasteiger partial charge is 0.480 e. The SMILES string of the molecule is N#CC1=C2c3ccccc3C(=O)N2CCO1. The van der Waals surface area contributed by atoms with E-state index in [4.69, 9.17) is 10.00 Å². The maximum atomic E-state index is 12.0. The molecule has 0 radical (unpaired) electrons. The van der Waals surface area contributed by atoms with Crippen LogP contribution in [-0.2, 0) is 4.74 Å². The highest BCUT2D eigenvalue weighted by Crippen LogP contribution is 2.36. The second kappa shape index (κ2) is 3.11. The molecule has 3 rings (SSSR count). The summed E-state index contributed by atoms with van der Waals surface area (Å²) in [6.45, 7) is 0.889. The van der Waals surface area contributed by atoms with Gasteiger partial charge in [-0.1, -0.05) is 18.2 Å². The molecule has 2 heterocycles. The van der Waals surface area contributed by atoms with E-state index in [-0.39, 0.29) is 11.7 Å². The lowest BCUT2D eigenvalue weighted by Crippen LogP contribution is -2.31. The van der Waals surface area contributed by atoms with Gasteiger partial charge in [0.15, 0.2) is 0 Å². The zero-order chi connectivity index (χ0) is 11.1. The van der Waals surface area contributed by atoms with Crippen LogP contribution in [-0.4, -0.2) is 24.0 Å². The van der Waals surface area contributed by atoms with Crippen molar-refractivity contribution >= 4 is 11.6 Å². The van der Waals surface area contributed by atoms with Gasteiger partial charge in [-0.25, -0.2) is 0 Å². The summed E-state index contributed by atoms with van der Waals surface area (Å²) in [5, 5.41) is 8.98. The number of hydrogen-bond donors (Lipinski definition) is 0. The molecule has 1 amide bonds. The predicted octanol–water partition coefficient (Wildman–Crippen LogP) is 1.36. The second-order valence-electron chi connectivity index (χ2n) is 3.64. The van der Waals surface area contributed by atoms with Gasteiger partial charge in [0, 0.05) is 11.1 Å². The summed E-state index contributed by atoms with van der Waals surface area (Å²) >= 11 is 0. The highest BCUT2D eigenvalue weighted by atomic mass is 16.5. The molecule has 4 heteroatoms. The lowest BCUT2D eigenvalue weighted by molar-refractivity contribution is 0.0784. The molecular formula is C12H8N2O2. The van der Waals surface area contributed by atoms with E-state index in [1.54, 1.807) is 11.0 Å². The molecule has 78 valence electrons. The highest BCUT2D eigenvalue weighted by molar-refractivity contribution is 6.09. The molecule has 16 heavy (non-hydrogen) atoms. The first-order chi connectivity index (χ1) is 7.83. The van der Waals surface area contributed by atoms with Gasteiger partial charge in [-0.3, -0.25) is 4.79 Å². The van der Waals surface area contributed by atoms with E-state index >= 15 is 0 Å². The van der Waals surface area contributed by atoms with Crippen molar-refractivity contribution in [3.05, 3.63) is 41.2 Å². The van der Waals surface area contributed by atoms with E-state index in [0.29, 0.717) is 24.4 Å². The fraction of sp³-hybridized carbons (Fsp3) is 0.167. The van der Waals surface area contributed by atoms with Crippen molar-refractivity contribution in [1.82, 2.24) is 4.90 Å². The average Bonchev–Trinajstić information content (AvgIpc) is 2.64. The Bertz CT molecular complexity index is 554. The Hall–Kier alpha value is -2.28. The number of nitrogens with zero attached hydrogens (tertiary/aromatic N) is 2. The standard InChI is InChI=1S/C12H8N2O2/c13-7-10-11-8-3-1-2-4-9(8)12(15)14(11)5-6-16-10/h1-4H,5-6H2. The van der Waals surface area contributed by atoms with E-state index in [1.807, 2.05) is 24.3 Å². The van der Waals surface area contributed by atoms with Crippen molar-refractivity contribution < 1.29 is 9.53 Å². The van der Waals surface area contributed by atoms with Gasteiger partial charge in [0.25, 0.3) is 5.91 Å². The highest BCUT2D eigenvalue weighted by Gasteiger charge is 2.37. The number of rotatable bonds is 0. The number of benzene rings is 1. The molecule has 2 aliphatic heterocycles. The van der Waals surface area contributed by atoms with Gasteiger partial charge in [0.05, 0.1) is 6.54 Å². The van der Waals surface area contributed by atoms with Crippen LogP contribution in [0.25, 0.3) is 5.70 Å². The lowest BCUT2D eigenvalue weighted by Gasteiger charge is -2.24. The van der Waals surface area contributed by atoms with E-state index in [2.05, 4.69) is 0 Å². The van der Waals surface area contributed by atoms with E-state index in [1.165, 1.54) is 0 Å². The number of carbonyl (C=O) groups is 1.